The lowest BCUT2D eigenvalue weighted by molar-refractivity contribution is -0.0686. The molecule has 0 spiro atoms. The number of aromatic nitrogens is 2. The molecule has 9 heteroatoms. The summed E-state index contributed by atoms with van der Waals surface area (Å²) < 4.78 is 12.1. The zero-order valence-corrected chi connectivity index (χ0v) is 13.5. The quantitative estimate of drug-likeness (QED) is 0.408. The van der Waals surface area contributed by atoms with Gasteiger partial charge in [-0.25, -0.2) is 4.79 Å². The van der Waals surface area contributed by atoms with Crippen LogP contribution in [-0.4, -0.2) is 57.8 Å². The molecule has 5 N–H and O–H groups in total. The number of hydrogen-bond acceptors (Lipinski definition) is 7. The number of H-pyrrole nitrogens is 1. The van der Waals surface area contributed by atoms with Crippen LogP contribution in [0.2, 0.25) is 0 Å². The largest absolute Gasteiger partial charge is 0.387 e. The van der Waals surface area contributed by atoms with E-state index >= 15 is 0 Å². The van der Waals surface area contributed by atoms with Gasteiger partial charge in [-0.15, -0.1) is 0 Å². The van der Waals surface area contributed by atoms with Gasteiger partial charge in [0.05, 0.1) is 6.61 Å². The van der Waals surface area contributed by atoms with Crippen molar-refractivity contribution in [3.8, 4) is 0 Å². The maximum absolute atomic E-state index is 11.8. The van der Waals surface area contributed by atoms with Crippen LogP contribution in [0.4, 0.5) is 0 Å². The van der Waals surface area contributed by atoms with Crippen LogP contribution in [0.3, 0.4) is 0 Å². The minimum atomic E-state index is -1.29. The van der Waals surface area contributed by atoms with Crippen molar-refractivity contribution in [2.24, 2.45) is 5.73 Å². The van der Waals surface area contributed by atoms with E-state index in [4.69, 9.17) is 15.2 Å². The van der Waals surface area contributed by atoms with E-state index in [1.807, 2.05) is 0 Å². The minimum Gasteiger partial charge on any atom is -0.387 e. The molecule has 0 amide bonds. The van der Waals surface area contributed by atoms with Gasteiger partial charge in [0.2, 0.25) is 0 Å². The molecule has 24 heavy (non-hydrogen) atoms. The molecule has 1 aromatic rings. The first-order chi connectivity index (χ1) is 11.5. The van der Waals surface area contributed by atoms with Gasteiger partial charge >= 0.3 is 5.69 Å². The number of nitrogens with two attached hydrogens (primary N) is 1. The average molecular weight is 343 g/mol. The summed E-state index contributed by atoms with van der Waals surface area (Å²) in [6, 6.07) is 1.15. The molecule has 0 unspecified atom stereocenters. The highest BCUT2D eigenvalue weighted by molar-refractivity contribution is 4.93. The fourth-order valence-corrected chi connectivity index (χ4v) is 2.63. The molecule has 1 aliphatic heterocycles. The number of nitrogens with zero attached hydrogens (tertiary/aromatic N) is 1. The van der Waals surface area contributed by atoms with E-state index in [9.17, 15) is 19.8 Å². The molecule has 0 bridgehead atoms. The Labute approximate surface area is 139 Å². The molecule has 0 radical (unpaired) electrons. The highest BCUT2D eigenvalue weighted by Crippen LogP contribution is 2.28. The Hall–Kier alpha value is -1.52. The van der Waals surface area contributed by atoms with E-state index < -0.39 is 35.8 Å². The van der Waals surface area contributed by atoms with Gasteiger partial charge in [-0.3, -0.25) is 14.3 Å². The normalized spacial score (nSPS) is 26.8. The Balaban J connectivity index is 1.84. The molecule has 2 rings (SSSR count). The summed E-state index contributed by atoms with van der Waals surface area (Å²) in [4.78, 5) is 24.9. The van der Waals surface area contributed by atoms with Crippen molar-refractivity contribution < 1.29 is 19.7 Å². The third-order valence-electron chi connectivity index (χ3n) is 3.99. The second kappa shape index (κ2) is 9.09. The van der Waals surface area contributed by atoms with Gasteiger partial charge in [-0.1, -0.05) is 12.8 Å². The van der Waals surface area contributed by atoms with Crippen molar-refractivity contribution in [3.63, 3.8) is 0 Å². The number of hydrogen-bond donors (Lipinski definition) is 4. The van der Waals surface area contributed by atoms with Gasteiger partial charge in [-0.2, -0.15) is 0 Å². The van der Waals surface area contributed by atoms with Crippen molar-refractivity contribution in [1.29, 1.82) is 0 Å². The van der Waals surface area contributed by atoms with Crippen LogP contribution in [0.15, 0.2) is 21.9 Å². The van der Waals surface area contributed by atoms with Gasteiger partial charge in [-0.05, 0) is 19.4 Å². The van der Waals surface area contributed by atoms with Crippen LogP contribution < -0.4 is 17.0 Å². The molecule has 1 saturated heterocycles. The summed E-state index contributed by atoms with van der Waals surface area (Å²) >= 11 is 0. The maximum Gasteiger partial charge on any atom is 0.330 e. The lowest BCUT2D eigenvalue weighted by Gasteiger charge is -2.16. The highest BCUT2D eigenvalue weighted by atomic mass is 16.6. The van der Waals surface area contributed by atoms with Crippen molar-refractivity contribution in [2.45, 2.75) is 50.2 Å². The number of aliphatic hydroxyl groups excluding tert-OH is 2. The lowest BCUT2D eigenvalue weighted by Crippen LogP contribution is -2.37. The molecule has 136 valence electrons. The number of aromatic amines is 1. The fourth-order valence-electron chi connectivity index (χ4n) is 2.63. The van der Waals surface area contributed by atoms with E-state index in [0.29, 0.717) is 13.2 Å². The topological polar surface area (TPSA) is 140 Å². The van der Waals surface area contributed by atoms with Crippen LogP contribution >= 0.6 is 0 Å². The zero-order valence-electron chi connectivity index (χ0n) is 13.5. The molecular formula is C15H25N3O6. The van der Waals surface area contributed by atoms with Gasteiger partial charge < -0.3 is 25.4 Å². The van der Waals surface area contributed by atoms with Crippen LogP contribution in [-0.2, 0) is 9.47 Å². The number of aliphatic hydroxyl groups is 2. The smallest absolute Gasteiger partial charge is 0.330 e. The van der Waals surface area contributed by atoms with E-state index in [1.54, 1.807) is 0 Å². The third kappa shape index (κ3) is 4.74. The first-order valence-corrected chi connectivity index (χ1v) is 8.15. The van der Waals surface area contributed by atoms with Gasteiger partial charge in [0.1, 0.15) is 18.3 Å². The fraction of sp³-hybridized carbons (Fsp3) is 0.733. The predicted octanol–water partition coefficient (Wildman–Crippen LogP) is -1.31. The van der Waals surface area contributed by atoms with Crippen LogP contribution in [0.1, 0.15) is 31.9 Å². The first kappa shape index (κ1) is 18.8. The van der Waals surface area contributed by atoms with Crippen LogP contribution in [0.25, 0.3) is 0 Å². The molecule has 9 nitrogen and oxygen atoms in total. The first-order valence-electron chi connectivity index (χ1n) is 8.15. The highest BCUT2D eigenvalue weighted by Gasteiger charge is 2.44. The van der Waals surface area contributed by atoms with Crippen molar-refractivity contribution in [1.82, 2.24) is 9.55 Å². The molecule has 1 aliphatic rings. The van der Waals surface area contributed by atoms with E-state index in [-0.39, 0.29) is 6.61 Å². The third-order valence-corrected chi connectivity index (χ3v) is 3.99. The van der Waals surface area contributed by atoms with E-state index in [1.165, 1.54) is 6.20 Å². The number of unbranched alkanes of at least 4 members (excludes halogenated alkanes) is 3. The second-order valence-electron chi connectivity index (χ2n) is 5.84. The minimum absolute atomic E-state index is 0.115. The average Bonchev–Trinajstić information content (AvgIpc) is 2.82. The number of ether oxygens (including phenoxy) is 2. The van der Waals surface area contributed by atoms with Gasteiger partial charge in [0, 0.05) is 18.9 Å². The molecule has 4 atom stereocenters. The Morgan fingerprint density at radius 1 is 1.21 bits per heavy atom. The standard InChI is InChI=1S/C15H25N3O6/c16-6-3-1-2-4-8-23-9-10-12(20)13(21)14(24-10)18-7-5-11(19)17-15(18)22/h5,7,10,12-14,20-21H,1-4,6,8-9,16H2,(H,17,19,22)/t10-,12-,13-,14-/m1/s1. The summed E-state index contributed by atoms with van der Waals surface area (Å²) in [5, 5.41) is 20.1. The van der Waals surface area contributed by atoms with E-state index in [0.717, 1.165) is 36.3 Å². The molecule has 0 saturated carbocycles. The Morgan fingerprint density at radius 2 is 1.96 bits per heavy atom. The summed E-state index contributed by atoms with van der Waals surface area (Å²) in [5.41, 5.74) is 4.17. The Kier molecular flexibility index (Phi) is 7.13. The molecule has 0 aliphatic carbocycles. The van der Waals surface area contributed by atoms with Crippen molar-refractivity contribution >= 4 is 0 Å². The van der Waals surface area contributed by atoms with Gasteiger partial charge in [0.15, 0.2) is 6.23 Å². The maximum atomic E-state index is 11.8. The Morgan fingerprint density at radius 3 is 2.67 bits per heavy atom. The Bertz CT molecular complexity index is 616. The van der Waals surface area contributed by atoms with Crippen LogP contribution in [0, 0.1) is 0 Å². The van der Waals surface area contributed by atoms with Crippen LogP contribution in [0.5, 0.6) is 0 Å². The summed E-state index contributed by atoms with van der Waals surface area (Å²) in [7, 11) is 0. The summed E-state index contributed by atoms with van der Waals surface area (Å²) in [5.74, 6) is 0. The number of nitrogens with one attached hydrogen (secondary N) is 1. The molecule has 2 heterocycles. The monoisotopic (exact) mass is 343 g/mol. The molecular weight excluding hydrogens is 318 g/mol. The van der Waals surface area contributed by atoms with Gasteiger partial charge in [0.25, 0.3) is 5.56 Å². The van der Waals surface area contributed by atoms with Crippen molar-refractivity contribution in [2.75, 3.05) is 19.8 Å². The zero-order chi connectivity index (χ0) is 17.5. The molecule has 1 aromatic heterocycles. The molecule has 1 fully saturated rings. The SMILES string of the molecule is NCCCCCCOC[C@H]1O[C@@H](n2ccc(=O)[nH]c2=O)[C@H](O)[C@@H]1O. The summed E-state index contributed by atoms with van der Waals surface area (Å²) in [6.07, 6.45) is 0.901. The number of rotatable bonds is 9. The summed E-state index contributed by atoms with van der Waals surface area (Å²) in [6.45, 7) is 1.33. The second-order valence-corrected chi connectivity index (χ2v) is 5.84. The predicted molar refractivity (Wildman–Crippen MR) is 85.6 cm³/mol. The molecule has 0 aromatic carbocycles. The lowest BCUT2D eigenvalue weighted by atomic mass is 10.1. The van der Waals surface area contributed by atoms with E-state index in [2.05, 4.69) is 4.98 Å². The van der Waals surface area contributed by atoms with Crippen molar-refractivity contribution in [3.05, 3.63) is 33.1 Å².